The number of carbonyl (C=O) groups excluding carboxylic acids is 4. The van der Waals surface area contributed by atoms with Gasteiger partial charge in [-0.15, -0.1) is 0 Å². The molecule has 3 aliphatic heterocycles. The Balaban J connectivity index is 1.13. The number of aliphatic hydroxyl groups excluding tert-OH is 1. The summed E-state index contributed by atoms with van der Waals surface area (Å²) >= 11 is 0. The smallest absolute Gasteiger partial charge is 0.316 e. The fraction of sp³-hybridized carbons (Fsp3) is 0.619. The highest BCUT2D eigenvalue weighted by atomic mass is 16.7. The summed E-state index contributed by atoms with van der Waals surface area (Å²) in [6, 6.07) is 5.11. The molecule has 0 amide bonds. The third-order valence-electron chi connectivity index (χ3n) is 12.4. The quantitative estimate of drug-likeness (QED) is 0.228. The van der Waals surface area contributed by atoms with Gasteiger partial charge in [0, 0.05) is 54.8 Å². The van der Waals surface area contributed by atoms with Crippen molar-refractivity contribution in [3.63, 3.8) is 0 Å². The average Bonchev–Trinajstić information content (AvgIpc) is 3.17. The Kier molecular flexibility index (Phi) is 11.9. The van der Waals surface area contributed by atoms with Crippen LogP contribution in [0.25, 0.3) is 0 Å². The number of hydrogen-bond acceptors (Lipinski definition) is 16. The van der Waals surface area contributed by atoms with E-state index in [1.54, 1.807) is 27.7 Å². The fourth-order valence-electron chi connectivity index (χ4n) is 9.27. The molecule has 0 spiro atoms. The van der Waals surface area contributed by atoms with Crippen LogP contribution < -0.4 is 0 Å². The number of methoxy groups -OCH3 is 1. The van der Waals surface area contributed by atoms with Crippen LogP contribution in [0.1, 0.15) is 121 Å². The lowest BCUT2D eigenvalue weighted by Crippen LogP contribution is -2.58. The number of hydrogen-bond donors (Lipinski definition) is 4. The summed E-state index contributed by atoms with van der Waals surface area (Å²) in [7, 11) is 4.91. The molecule has 58 heavy (non-hydrogen) atoms. The second kappa shape index (κ2) is 16.3. The molecular weight excluding hydrogens is 758 g/mol. The molecule has 4 N–H and O–H groups in total. The number of aliphatic hydroxyl groups is 2. The molecule has 3 saturated heterocycles. The summed E-state index contributed by atoms with van der Waals surface area (Å²) in [6.07, 6.45) is -6.64. The van der Waals surface area contributed by atoms with Crippen LogP contribution in [0.5, 0.6) is 11.5 Å². The van der Waals surface area contributed by atoms with Gasteiger partial charge >= 0.3 is 5.97 Å². The first-order valence-electron chi connectivity index (χ1n) is 19.9. The molecule has 316 valence electrons. The molecule has 0 aromatic heterocycles. The van der Waals surface area contributed by atoms with Crippen molar-refractivity contribution < 1.29 is 72.8 Å². The number of carbonyl (C=O) groups is 4. The van der Waals surface area contributed by atoms with Crippen molar-refractivity contribution in [1.29, 1.82) is 0 Å². The van der Waals surface area contributed by atoms with Crippen molar-refractivity contribution in [3.8, 4) is 11.5 Å². The zero-order chi connectivity index (χ0) is 42.0. The van der Waals surface area contributed by atoms with Gasteiger partial charge in [-0.2, -0.15) is 0 Å². The van der Waals surface area contributed by atoms with Crippen LogP contribution in [0.15, 0.2) is 24.3 Å². The van der Waals surface area contributed by atoms with Crippen LogP contribution in [-0.4, -0.2) is 137 Å². The lowest BCUT2D eigenvalue weighted by atomic mass is 9.67. The molecule has 3 heterocycles. The van der Waals surface area contributed by atoms with Gasteiger partial charge in [0.15, 0.2) is 30.4 Å². The normalized spacial score (nSPS) is 36.3. The van der Waals surface area contributed by atoms with E-state index in [2.05, 4.69) is 0 Å². The minimum atomic E-state index is -1.76. The van der Waals surface area contributed by atoms with Crippen molar-refractivity contribution in [1.82, 2.24) is 4.90 Å². The molecular formula is C42H53NO15. The molecule has 7 rings (SSSR count). The fourth-order valence-corrected chi connectivity index (χ4v) is 9.27. The highest BCUT2D eigenvalue weighted by Crippen LogP contribution is 2.54. The lowest BCUT2D eigenvalue weighted by molar-refractivity contribution is -0.324. The number of ketones is 3. The van der Waals surface area contributed by atoms with Gasteiger partial charge in [-0.1, -0.05) is 19.1 Å². The van der Waals surface area contributed by atoms with Gasteiger partial charge in [0.25, 0.3) is 0 Å². The number of aromatic hydroxyl groups is 2. The van der Waals surface area contributed by atoms with E-state index >= 15 is 0 Å². The van der Waals surface area contributed by atoms with Crippen LogP contribution in [0, 0.1) is 0 Å². The maximum absolute atomic E-state index is 13.9. The van der Waals surface area contributed by atoms with Crippen molar-refractivity contribution in [2.45, 2.75) is 145 Å². The largest absolute Gasteiger partial charge is 0.507 e. The van der Waals surface area contributed by atoms with Gasteiger partial charge in [0.1, 0.15) is 35.7 Å². The summed E-state index contributed by atoms with van der Waals surface area (Å²) < 4.78 is 42.6. The topological polar surface area (TPSA) is 217 Å². The van der Waals surface area contributed by atoms with Crippen molar-refractivity contribution >= 4 is 23.3 Å². The van der Waals surface area contributed by atoms with Gasteiger partial charge in [-0.3, -0.25) is 19.2 Å². The first-order chi connectivity index (χ1) is 27.5. The van der Waals surface area contributed by atoms with E-state index in [1.165, 1.54) is 31.4 Å². The predicted molar refractivity (Wildman–Crippen MR) is 201 cm³/mol. The van der Waals surface area contributed by atoms with Crippen molar-refractivity contribution in [3.05, 3.63) is 57.6 Å². The Labute approximate surface area is 336 Å². The Bertz CT molecular complexity index is 1940. The number of phenols is 2. The van der Waals surface area contributed by atoms with E-state index in [4.69, 9.17) is 33.2 Å². The number of ether oxygens (including phenoxy) is 7. The Hall–Kier alpha value is -3.84. The van der Waals surface area contributed by atoms with Crippen molar-refractivity contribution in [2.75, 3.05) is 21.2 Å². The van der Waals surface area contributed by atoms with Gasteiger partial charge in [0.2, 0.25) is 5.78 Å². The monoisotopic (exact) mass is 811 g/mol. The third-order valence-corrected chi connectivity index (χ3v) is 12.4. The first-order valence-corrected chi connectivity index (χ1v) is 19.9. The molecule has 3 fully saturated rings. The van der Waals surface area contributed by atoms with E-state index in [9.17, 15) is 39.6 Å². The number of Topliss-reactive ketones (excluding diaryl/α,β-unsaturated/α-hetero) is 1. The van der Waals surface area contributed by atoms with Crippen LogP contribution in [0.2, 0.25) is 0 Å². The number of nitrogens with zero attached hydrogens (tertiary/aromatic N) is 1. The molecule has 0 bridgehead atoms. The summed E-state index contributed by atoms with van der Waals surface area (Å²) in [5.41, 5.74) is -2.49. The molecule has 2 aliphatic carbocycles. The molecule has 2 aromatic rings. The summed E-state index contributed by atoms with van der Waals surface area (Å²) in [5.74, 6) is -4.59. The van der Waals surface area contributed by atoms with Gasteiger partial charge in [-0.05, 0) is 59.0 Å². The zero-order valence-electron chi connectivity index (χ0n) is 33.7. The summed E-state index contributed by atoms with van der Waals surface area (Å²) in [4.78, 5) is 55.0. The second-order valence-corrected chi connectivity index (χ2v) is 16.3. The van der Waals surface area contributed by atoms with Crippen LogP contribution in [0.4, 0.5) is 0 Å². The van der Waals surface area contributed by atoms with Crippen molar-refractivity contribution in [2.24, 2.45) is 0 Å². The van der Waals surface area contributed by atoms with Crippen LogP contribution in [0.3, 0.4) is 0 Å². The minimum absolute atomic E-state index is 0.00573. The zero-order valence-corrected chi connectivity index (χ0v) is 33.7. The van der Waals surface area contributed by atoms with E-state index < -0.39 is 102 Å². The predicted octanol–water partition coefficient (Wildman–Crippen LogP) is 3.16. The maximum atomic E-state index is 13.9. The summed E-state index contributed by atoms with van der Waals surface area (Å²) in [6.45, 7) is 6.95. The van der Waals surface area contributed by atoms with E-state index in [1.807, 2.05) is 19.0 Å². The van der Waals surface area contributed by atoms with E-state index in [0.717, 1.165) is 0 Å². The second-order valence-electron chi connectivity index (χ2n) is 16.3. The lowest BCUT2D eigenvalue weighted by Gasteiger charge is -2.48. The minimum Gasteiger partial charge on any atom is -0.507 e. The third kappa shape index (κ3) is 7.47. The SMILES string of the molecule is CC[C@]1(O)C[C@@H](O[C@H]2C[C@@H](N(C)C)[C@H](O[C@H]3C[C@@H](O)[C@H](O[C@@H]4CCC(=O)[C@H](C)O4)[C@@H](C)O3)[C@@H](C)O2)c2c(cc3c(c2O)C(=O)c2c(O)cccc2C3=O)[C@@H]1C(=O)OC. The molecule has 16 heteroatoms. The molecule has 0 saturated carbocycles. The molecule has 0 radical (unpaired) electrons. The number of phenolic OH excluding ortho intramolecular Hbond substituents is 2. The number of esters is 1. The highest BCUT2D eigenvalue weighted by molar-refractivity contribution is 6.30. The molecule has 5 aliphatic rings. The van der Waals surface area contributed by atoms with Crippen LogP contribution >= 0.6 is 0 Å². The Morgan fingerprint density at radius 2 is 1.57 bits per heavy atom. The van der Waals surface area contributed by atoms with Gasteiger partial charge < -0.3 is 58.5 Å². The average molecular weight is 812 g/mol. The number of likely N-dealkylation sites (N-methyl/N-ethyl adjacent to an activating group) is 1. The van der Waals surface area contributed by atoms with Gasteiger partial charge in [-0.25, -0.2) is 0 Å². The molecule has 16 nitrogen and oxygen atoms in total. The van der Waals surface area contributed by atoms with Gasteiger partial charge in [0.05, 0.1) is 48.3 Å². The Morgan fingerprint density at radius 3 is 2.21 bits per heavy atom. The maximum Gasteiger partial charge on any atom is 0.316 e. The van der Waals surface area contributed by atoms with Crippen LogP contribution in [-0.2, 0) is 42.7 Å². The standard InChI is InChI=1S/C42H53NO15/c1-8-42(51)17-28(33-22(35(42)41(50)52-7)14-23-34(38(33)49)37(48)32-21(36(23)47)10-9-11-26(32)45)56-30-15-24(43(5)6)39(19(3)54-30)58-31-16-27(46)40(20(4)55-31)57-29-13-12-25(44)18(2)53-29/h9-11,14,18-20,24,27-31,35,39-40,45-46,49,51H,8,12-13,15-17H2,1-7H3/t18-,19+,20+,24+,27+,28+,29+,30-,31-,35+,39+,40+,42-/m0/s1. The highest BCUT2D eigenvalue weighted by Gasteiger charge is 2.53. The molecule has 2 aromatic carbocycles. The summed E-state index contributed by atoms with van der Waals surface area (Å²) in [5, 5.41) is 45.9. The molecule has 0 unspecified atom stereocenters. The Morgan fingerprint density at radius 1 is 0.897 bits per heavy atom. The molecule has 13 atom stereocenters. The first kappa shape index (κ1) is 42.3. The number of fused-ring (bicyclic) bond motifs is 3. The van der Waals surface area contributed by atoms with E-state index in [-0.39, 0.29) is 70.9 Å². The van der Waals surface area contributed by atoms with E-state index in [0.29, 0.717) is 12.8 Å². The number of benzene rings is 2. The number of rotatable bonds is 9.